The van der Waals surface area contributed by atoms with Gasteiger partial charge < -0.3 is 10.1 Å². The topological polar surface area (TPSA) is 131 Å². The molecule has 36 heavy (non-hydrogen) atoms. The van der Waals surface area contributed by atoms with Crippen LogP contribution in [-0.4, -0.2) is 29.3 Å². The molecule has 0 unspecified atom stereocenters. The van der Waals surface area contributed by atoms with Crippen molar-refractivity contribution in [3.8, 4) is 5.75 Å². The highest BCUT2D eigenvalue weighted by atomic mass is 35.5. The van der Waals surface area contributed by atoms with E-state index in [2.05, 4.69) is 10.7 Å². The van der Waals surface area contributed by atoms with Gasteiger partial charge in [-0.1, -0.05) is 41.4 Å². The normalized spacial score (nSPS) is 14.1. The molecule has 2 N–H and O–H groups in total. The second-order valence-corrected chi connectivity index (χ2v) is 8.29. The van der Waals surface area contributed by atoms with Gasteiger partial charge in [0.05, 0.1) is 10.6 Å². The number of para-hydroxylation sites is 1. The number of nitrogens with one attached hydrogen (secondary N) is 2. The first-order valence-electron chi connectivity index (χ1n) is 10.3. The van der Waals surface area contributed by atoms with E-state index < -0.39 is 34.9 Å². The van der Waals surface area contributed by atoms with E-state index in [4.69, 9.17) is 27.9 Å². The van der Waals surface area contributed by atoms with Crippen LogP contribution in [0.2, 0.25) is 10.0 Å². The van der Waals surface area contributed by atoms with E-state index in [-0.39, 0.29) is 21.9 Å². The highest BCUT2D eigenvalue weighted by molar-refractivity contribution is 6.33. The number of nitrogens with zero attached hydrogens (tertiary/aromatic N) is 2. The lowest BCUT2D eigenvalue weighted by atomic mass is 10.1. The second kappa shape index (κ2) is 10.5. The molecule has 182 valence electrons. The van der Waals surface area contributed by atoms with Crippen LogP contribution in [0, 0.1) is 10.1 Å². The summed E-state index contributed by atoms with van der Waals surface area (Å²) >= 11 is 11.9. The van der Waals surface area contributed by atoms with Crippen molar-refractivity contribution in [3.05, 3.63) is 98.0 Å². The summed E-state index contributed by atoms with van der Waals surface area (Å²) in [7, 11) is 0. The fourth-order valence-electron chi connectivity index (χ4n) is 3.34. The van der Waals surface area contributed by atoms with Crippen LogP contribution in [0.5, 0.6) is 5.75 Å². The van der Waals surface area contributed by atoms with Crippen molar-refractivity contribution in [3.63, 3.8) is 0 Å². The number of anilines is 2. The van der Waals surface area contributed by atoms with Gasteiger partial charge in [0.15, 0.2) is 6.61 Å². The molecule has 0 aromatic heterocycles. The van der Waals surface area contributed by atoms with Crippen molar-refractivity contribution in [1.29, 1.82) is 0 Å². The number of carbonyl (C=O) groups excluding carboxylic acids is 3. The average molecular weight is 527 g/mol. The van der Waals surface area contributed by atoms with Crippen LogP contribution in [-0.2, 0) is 14.4 Å². The highest BCUT2D eigenvalue weighted by Crippen LogP contribution is 2.36. The van der Waals surface area contributed by atoms with Gasteiger partial charge in [0.2, 0.25) is 5.75 Å². The lowest BCUT2D eigenvalue weighted by molar-refractivity contribution is -0.385. The van der Waals surface area contributed by atoms with Crippen molar-refractivity contribution < 1.29 is 24.0 Å². The lowest BCUT2D eigenvalue weighted by Gasteiger charge is -2.14. The number of ether oxygens (including phenoxy) is 1. The van der Waals surface area contributed by atoms with E-state index >= 15 is 0 Å². The Morgan fingerprint density at radius 2 is 1.75 bits per heavy atom. The zero-order valence-electron chi connectivity index (χ0n) is 18.2. The average Bonchev–Trinajstić information content (AvgIpc) is 3.13. The van der Waals surface area contributed by atoms with Gasteiger partial charge in [-0.25, -0.2) is 5.01 Å². The van der Waals surface area contributed by atoms with E-state index in [0.29, 0.717) is 16.4 Å². The summed E-state index contributed by atoms with van der Waals surface area (Å²) in [6, 6.07) is 17.0. The number of halogens is 2. The Kier molecular flexibility index (Phi) is 7.18. The summed E-state index contributed by atoms with van der Waals surface area (Å²) in [6.07, 6.45) is 1.13. The standard InChI is InChI=1S/C24H16Cl2N4O6/c25-15-6-8-17(9-7-15)27-21(31)13-36-22-14(10-16(26)12-20(22)30(34)35)11-19-23(32)28-29(24(19)33)18-4-2-1-3-5-18/h1-12H,13H2,(H,27,31)(H,28,32)/b19-11-. The van der Waals surface area contributed by atoms with Crippen LogP contribution in [0.1, 0.15) is 5.56 Å². The summed E-state index contributed by atoms with van der Waals surface area (Å²) in [5.74, 6) is -2.34. The van der Waals surface area contributed by atoms with Crippen molar-refractivity contribution in [2.24, 2.45) is 0 Å². The second-order valence-electron chi connectivity index (χ2n) is 7.42. The summed E-state index contributed by atoms with van der Waals surface area (Å²) in [4.78, 5) is 48.8. The molecule has 10 nitrogen and oxygen atoms in total. The number of nitro groups is 1. The van der Waals surface area contributed by atoms with Crippen molar-refractivity contribution in [1.82, 2.24) is 5.43 Å². The van der Waals surface area contributed by atoms with Gasteiger partial charge in [-0.2, -0.15) is 0 Å². The van der Waals surface area contributed by atoms with Crippen LogP contribution < -0.4 is 20.5 Å². The highest BCUT2D eigenvalue weighted by Gasteiger charge is 2.35. The minimum absolute atomic E-state index is 0.0260. The van der Waals surface area contributed by atoms with Gasteiger partial charge in [0.1, 0.15) is 5.57 Å². The first kappa shape index (κ1) is 24.7. The molecule has 0 radical (unpaired) electrons. The molecular formula is C24H16Cl2N4O6. The molecule has 1 saturated heterocycles. The number of nitro benzene ring substituents is 1. The third-order valence-corrected chi connectivity index (χ3v) is 5.41. The molecule has 0 saturated carbocycles. The summed E-state index contributed by atoms with van der Waals surface area (Å²) < 4.78 is 5.49. The third kappa shape index (κ3) is 5.45. The van der Waals surface area contributed by atoms with Crippen LogP contribution in [0.25, 0.3) is 6.08 Å². The maximum absolute atomic E-state index is 12.9. The molecule has 0 atom stereocenters. The van der Waals surface area contributed by atoms with Gasteiger partial charge in [-0.3, -0.25) is 29.9 Å². The molecule has 0 aliphatic carbocycles. The maximum atomic E-state index is 12.9. The first-order chi connectivity index (χ1) is 17.2. The molecular weight excluding hydrogens is 511 g/mol. The number of rotatable bonds is 7. The van der Waals surface area contributed by atoms with Gasteiger partial charge in [-0.05, 0) is 48.5 Å². The maximum Gasteiger partial charge on any atom is 0.313 e. The molecule has 1 aliphatic heterocycles. The van der Waals surface area contributed by atoms with Crippen molar-refractivity contribution >= 4 is 64.1 Å². The molecule has 3 amide bonds. The molecule has 3 aromatic carbocycles. The largest absolute Gasteiger partial charge is 0.476 e. The molecule has 3 aromatic rings. The summed E-state index contributed by atoms with van der Waals surface area (Å²) in [6.45, 7) is -0.600. The predicted molar refractivity (Wildman–Crippen MR) is 134 cm³/mol. The number of hydrogen-bond donors (Lipinski definition) is 2. The number of hydrogen-bond acceptors (Lipinski definition) is 6. The monoisotopic (exact) mass is 526 g/mol. The van der Waals surface area contributed by atoms with Gasteiger partial charge in [-0.15, -0.1) is 0 Å². The number of benzene rings is 3. The molecule has 1 heterocycles. The van der Waals surface area contributed by atoms with E-state index in [1.165, 1.54) is 6.07 Å². The summed E-state index contributed by atoms with van der Waals surface area (Å²) in [5.41, 5.74) is 2.43. The Hall–Kier alpha value is -4.41. The third-order valence-electron chi connectivity index (χ3n) is 4.94. The molecule has 12 heteroatoms. The van der Waals surface area contributed by atoms with Crippen LogP contribution in [0.15, 0.2) is 72.3 Å². The molecule has 0 spiro atoms. The van der Waals surface area contributed by atoms with Crippen molar-refractivity contribution in [2.75, 3.05) is 16.9 Å². The number of hydrazine groups is 1. The van der Waals surface area contributed by atoms with Gasteiger partial charge >= 0.3 is 5.69 Å². The van der Waals surface area contributed by atoms with Crippen LogP contribution in [0.3, 0.4) is 0 Å². The molecule has 1 fully saturated rings. The Morgan fingerprint density at radius 3 is 2.42 bits per heavy atom. The lowest BCUT2D eigenvalue weighted by Crippen LogP contribution is -2.35. The quantitative estimate of drug-likeness (QED) is 0.203. The Morgan fingerprint density at radius 1 is 1.06 bits per heavy atom. The van der Waals surface area contributed by atoms with E-state index in [1.807, 2.05) is 0 Å². The minimum Gasteiger partial charge on any atom is -0.476 e. The Balaban J connectivity index is 1.63. The Bertz CT molecular complexity index is 1390. The van der Waals surface area contributed by atoms with E-state index in [1.54, 1.807) is 54.6 Å². The SMILES string of the molecule is O=C(COc1c(/C=C2/C(=O)NN(c3ccccc3)C2=O)cc(Cl)cc1[N+](=O)[O-])Nc1ccc(Cl)cc1. The predicted octanol–water partition coefficient (Wildman–Crippen LogP) is 4.38. The van der Waals surface area contributed by atoms with Crippen LogP contribution in [0.4, 0.5) is 17.1 Å². The van der Waals surface area contributed by atoms with Crippen molar-refractivity contribution in [2.45, 2.75) is 0 Å². The van der Waals surface area contributed by atoms with Gasteiger partial charge in [0.25, 0.3) is 17.7 Å². The number of carbonyl (C=O) groups is 3. The van der Waals surface area contributed by atoms with Gasteiger partial charge in [0, 0.05) is 27.4 Å². The zero-order chi connectivity index (χ0) is 25.8. The smallest absolute Gasteiger partial charge is 0.313 e. The minimum atomic E-state index is -0.743. The Labute approximate surface area is 214 Å². The molecule has 1 aliphatic rings. The molecule has 0 bridgehead atoms. The number of amides is 3. The molecule has 4 rings (SSSR count). The first-order valence-corrected chi connectivity index (χ1v) is 11.1. The summed E-state index contributed by atoms with van der Waals surface area (Å²) in [5, 5.41) is 15.7. The van der Waals surface area contributed by atoms with E-state index in [9.17, 15) is 24.5 Å². The zero-order valence-corrected chi connectivity index (χ0v) is 19.7. The fraction of sp³-hybridized carbons (Fsp3) is 0.0417. The van der Waals surface area contributed by atoms with Crippen LogP contribution >= 0.6 is 23.2 Å². The fourth-order valence-corrected chi connectivity index (χ4v) is 3.69. The van der Waals surface area contributed by atoms with E-state index in [0.717, 1.165) is 17.2 Å².